The third kappa shape index (κ3) is 3.45. The average molecular weight is 252 g/mol. The van der Waals surface area contributed by atoms with E-state index in [1.165, 1.54) is 0 Å². The molecule has 1 atom stereocenters. The van der Waals surface area contributed by atoms with E-state index in [2.05, 4.69) is 0 Å². The van der Waals surface area contributed by atoms with Crippen LogP contribution >= 0.6 is 0 Å². The first-order valence-electron chi connectivity index (χ1n) is 6.44. The van der Waals surface area contributed by atoms with E-state index in [4.69, 9.17) is 14.2 Å². The molecule has 1 aliphatic rings. The van der Waals surface area contributed by atoms with Crippen molar-refractivity contribution in [2.24, 2.45) is 0 Å². The molecular weight excluding hydrogens is 232 g/mol. The molecule has 0 radical (unpaired) electrons. The van der Waals surface area contributed by atoms with Gasteiger partial charge in [-0.05, 0) is 19.4 Å². The molecule has 0 bridgehead atoms. The minimum atomic E-state index is -0.541. The van der Waals surface area contributed by atoms with Crippen molar-refractivity contribution in [1.82, 2.24) is 0 Å². The Kier molecular flexibility index (Phi) is 4.99. The highest BCUT2D eigenvalue weighted by atomic mass is 16.7. The van der Waals surface area contributed by atoms with E-state index in [9.17, 15) is 5.11 Å². The fourth-order valence-corrected chi connectivity index (χ4v) is 2.07. The van der Waals surface area contributed by atoms with Crippen LogP contribution in [-0.4, -0.2) is 31.2 Å². The van der Waals surface area contributed by atoms with Crippen molar-refractivity contribution in [1.29, 1.82) is 0 Å². The topological polar surface area (TPSA) is 47.9 Å². The molecule has 0 spiro atoms. The number of ether oxygens (including phenoxy) is 3. The lowest BCUT2D eigenvalue weighted by atomic mass is 10.0. The second-order valence-electron chi connectivity index (χ2n) is 4.24. The van der Waals surface area contributed by atoms with Crippen molar-refractivity contribution in [3.05, 3.63) is 29.8 Å². The molecule has 1 aromatic rings. The molecule has 4 nitrogen and oxygen atoms in total. The van der Waals surface area contributed by atoms with Gasteiger partial charge in [-0.25, -0.2) is 0 Å². The first-order chi connectivity index (χ1) is 8.81. The Bertz CT molecular complexity index is 361. The average Bonchev–Trinajstić information content (AvgIpc) is 2.90. The molecule has 1 saturated heterocycles. The largest absolute Gasteiger partial charge is 0.493 e. The van der Waals surface area contributed by atoms with Gasteiger partial charge in [-0.15, -0.1) is 0 Å². The Hall–Kier alpha value is -1.10. The molecular formula is C14H20O4. The van der Waals surface area contributed by atoms with Crippen LogP contribution in [0.3, 0.4) is 0 Å². The van der Waals surface area contributed by atoms with Gasteiger partial charge in [0.05, 0.1) is 25.9 Å². The summed E-state index contributed by atoms with van der Waals surface area (Å²) in [7, 11) is 0. The van der Waals surface area contributed by atoms with Crippen molar-refractivity contribution >= 4 is 0 Å². The molecule has 0 aliphatic carbocycles. The van der Waals surface area contributed by atoms with E-state index in [1.54, 1.807) is 0 Å². The number of hydrogen-bond donors (Lipinski definition) is 1. The zero-order chi connectivity index (χ0) is 12.8. The Morgan fingerprint density at radius 2 is 2.06 bits per heavy atom. The quantitative estimate of drug-likeness (QED) is 0.843. The molecule has 4 heteroatoms. The lowest BCUT2D eigenvalue weighted by Gasteiger charge is -2.17. The summed E-state index contributed by atoms with van der Waals surface area (Å²) in [4.78, 5) is 0. The van der Waals surface area contributed by atoms with Gasteiger partial charge >= 0.3 is 0 Å². The van der Waals surface area contributed by atoms with E-state index in [0.717, 1.165) is 11.3 Å². The number of benzene rings is 1. The second kappa shape index (κ2) is 6.73. The molecule has 100 valence electrons. The first-order valence-corrected chi connectivity index (χ1v) is 6.44. The van der Waals surface area contributed by atoms with E-state index in [-0.39, 0.29) is 6.29 Å². The first kappa shape index (κ1) is 13.3. The van der Waals surface area contributed by atoms with E-state index < -0.39 is 6.10 Å². The molecule has 1 N–H and O–H groups in total. The third-order valence-corrected chi connectivity index (χ3v) is 2.94. The predicted octanol–water partition coefficient (Wildman–Crippen LogP) is 2.27. The summed E-state index contributed by atoms with van der Waals surface area (Å²) in [5.41, 5.74) is 0.831. The van der Waals surface area contributed by atoms with Crippen LogP contribution in [0.25, 0.3) is 0 Å². The second-order valence-corrected chi connectivity index (χ2v) is 4.24. The predicted molar refractivity (Wildman–Crippen MR) is 67.5 cm³/mol. The molecule has 18 heavy (non-hydrogen) atoms. The van der Waals surface area contributed by atoms with Crippen molar-refractivity contribution in [2.75, 3.05) is 19.8 Å². The maximum absolute atomic E-state index is 10.2. The SMILES string of the molecule is CCOc1ccccc1C(O)CCC1OCCO1. The van der Waals surface area contributed by atoms with Crippen molar-refractivity contribution in [2.45, 2.75) is 32.2 Å². The minimum absolute atomic E-state index is 0.168. The van der Waals surface area contributed by atoms with Crippen molar-refractivity contribution in [3.8, 4) is 5.75 Å². The maximum Gasteiger partial charge on any atom is 0.157 e. The lowest BCUT2D eigenvalue weighted by molar-refractivity contribution is -0.0543. The fraction of sp³-hybridized carbons (Fsp3) is 0.571. The van der Waals surface area contributed by atoms with Gasteiger partial charge in [0.2, 0.25) is 0 Å². The van der Waals surface area contributed by atoms with Gasteiger partial charge in [0.1, 0.15) is 5.75 Å². The fourth-order valence-electron chi connectivity index (χ4n) is 2.07. The summed E-state index contributed by atoms with van der Waals surface area (Å²) in [5, 5.41) is 10.2. The smallest absolute Gasteiger partial charge is 0.157 e. The molecule has 0 aromatic heterocycles. The Morgan fingerprint density at radius 3 is 2.78 bits per heavy atom. The summed E-state index contributed by atoms with van der Waals surface area (Å²) >= 11 is 0. The minimum Gasteiger partial charge on any atom is -0.493 e. The van der Waals surface area contributed by atoms with Crippen LogP contribution in [0.4, 0.5) is 0 Å². The van der Waals surface area contributed by atoms with E-state index in [0.29, 0.717) is 32.7 Å². The molecule has 0 amide bonds. The van der Waals surface area contributed by atoms with Crippen LogP contribution in [0.15, 0.2) is 24.3 Å². The van der Waals surface area contributed by atoms with Gasteiger partial charge in [0.15, 0.2) is 6.29 Å². The molecule has 2 rings (SSSR count). The molecule has 1 aliphatic heterocycles. The molecule has 1 fully saturated rings. The summed E-state index contributed by atoms with van der Waals surface area (Å²) < 4.78 is 16.2. The number of aliphatic hydroxyl groups excluding tert-OH is 1. The zero-order valence-corrected chi connectivity index (χ0v) is 10.7. The number of aliphatic hydroxyl groups is 1. The Balaban J connectivity index is 1.92. The van der Waals surface area contributed by atoms with Gasteiger partial charge in [-0.2, -0.15) is 0 Å². The van der Waals surface area contributed by atoms with Gasteiger partial charge in [-0.3, -0.25) is 0 Å². The van der Waals surface area contributed by atoms with Crippen LogP contribution in [0.2, 0.25) is 0 Å². The molecule has 0 saturated carbocycles. The summed E-state index contributed by atoms with van der Waals surface area (Å²) in [6.45, 7) is 3.83. The van der Waals surface area contributed by atoms with Crippen molar-refractivity contribution < 1.29 is 19.3 Å². The summed E-state index contributed by atoms with van der Waals surface area (Å²) in [5.74, 6) is 0.751. The van der Waals surface area contributed by atoms with Crippen LogP contribution in [0, 0.1) is 0 Å². The monoisotopic (exact) mass is 252 g/mol. The number of para-hydroxylation sites is 1. The van der Waals surface area contributed by atoms with Crippen LogP contribution in [-0.2, 0) is 9.47 Å². The number of hydrogen-bond acceptors (Lipinski definition) is 4. The summed E-state index contributed by atoms with van der Waals surface area (Å²) in [6, 6.07) is 7.59. The Morgan fingerprint density at radius 1 is 1.33 bits per heavy atom. The highest BCUT2D eigenvalue weighted by Crippen LogP contribution is 2.29. The van der Waals surface area contributed by atoms with Crippen molar-refractivity contribution in [3.63, 3.8) is 0 Å². The number of rotatable bonds is 6. The lowest BCUT2D eigenvalue weighted by Crippen LogP contribution is -2.10. The van der Waals surface area contributed by atoms with Gasteiger partial charge < -0.3 is 19.3 Å². The van der Waals surface area contributed by atoms with E-state index in [1.807, 2.05) is 31.2 Å². The standard InChI is InChI=1S/C14H20O4/c1-2-16-13-6-4-3-5-11(13)12(15)7-8-14-17-9-10-18-14/h3-6,12,14-15H,2,7-10H2,1H3. The summed E-state index contributed by atoms with van der Waals surface area (Å²) in [6.07, 6.45) is 0.593. The normalized spacial score (nSPS) is 17.9. The molecule has 1 heterocycles. The van der Waals surface area contributed by atoms with Crippen LogP contribution < -0.4 is 4.74 Å². The Labute approximate surface area is 107 Å². The molecule has 1 aromatic carbocycles. The van der Waals surface area contributed by atoms with Crippen LogP contribution in [0.5, 0.6) is 5.75 Å². The highest BCUT2D eigenvalue weighted by Gasteiger charge is 2.19. The van der Waals surface area contributed by atoms with Crippen LogP contribution in [0.1, 0.15) is 31.4 Å². The highest BCUT2D eigenvalue weighted by molar-refractivity contribution is 5.35. The maximum atomic E-state index is 10.2. The van der Waals surface area contributed by atoms with Gasteiger partial charge in [0.25, 0.3) is 0 Å². The van der Waals surface area contributed by atoms with Gasteiger partial charge in [-0.1, -0.05) is 18.2 Å². The van der Waals surface area contributed by atoms with E-state index >= 15 is 0 Å². The zero-order valence-electron chi connectivity index (χ0n) is 10.7. The van der Waals surface area contributed by atoms with Gasteiger partial charge in [0, 0.05) is 12.0 Å². The molecule has 1 unspecified atom stereocenters. The third-order valence-electron chi connectivity index (χ3n) is 2.94.